The number of ether oxygens (including phenoxy) is 1. The van der Waals surface area contributed by atoms with Gasteiger partial charge in [0.15, 0.2) is 0 Å². The fourth-order valence-corrected chi connectivity index (χ4v) is 6.25. The molecule has 0 spiro atoms. The third-order valence-corrected chi connectivity index (χ3v) is 9.12. The van der Waals surface area contributed by atoms with Gasteiger partial charge in [-0.25, -0.2) is 0 Å². The number of rotatable bonds is 17. The zero-order valence-corrected chi connectivity index (χ0v) is 25.5. The minimum absolute atomic E-state index is 0.0726. The zero-order chi connectivity index (χ0) is 27.9. The number of hydrogen-bond acceptors (Lipinski definition) is 2. The Kier molecular flexibility index (Phi) is 13.4. The minimum atomic E-state index is -0.0726. The van der Waals surface area contributed by atoms with E-state index in [1.807, 2.05) is 0 Å². The highest BCUT2D eigenvalue weighted by Gasteiger charge is 2.35. The van der Waals surface area contributed by atoms with Gasteiger partial charge >= 0.3 is 0 Å². The molecular formula is C37H55NO. The van der Waals surface area contributed by atoms with Gasteiger partial charge in [0.25, 0.3) is 0 Å². The molecule has 1 atom stereocenters. The van der Waals surface area contributed by atoms with E-state index in [2.05, 4.69) is 82.3 Å². The van der Waals surface area contributed by atoms with Crippen LogP contribution in [0, 0.1) is 28.6 Å². The van der Waals surface area contributed by atoms with Crippen LogP contribution in [0.4, 0.5) is 0 Å². The Balaban J connectivity index is 1.42. The van der Waals surface area contributed by atoms with Crippen molar-refractivity contribution in [2.24, 2.45) is 17.3 Å². The summed E-state index contributed by atoms with van der Waals surface area (Å²) < 4.78 is 6.04. The lowest BCUT2D eigenvalue weighted by Gasteiger charge is -2.35. The lowest BCUT2D eigenvalue weighted by Crippen LogP contribution is -2.25. The molecule has 2 nitrogen and oxygen atoms in total. The summed E-state index contributed by atoms with van der Waals surface area (Å²) in [5, 5.41) is 9.98. The Morgan fingerprint density at radius 3 is 2.03 bits per heavy atom. The van der Waals surface area contributed by atoms with Crippen molar-refractivity contribution >= 4 is 0 Å². The lowest BCUT2D eigenvalue weighted by molar-refractivity contribution is 0.223. The summed E-state index contributed by atoms with van der Waals surface area (Å²) in [4.78, 5) is 0. The normalized spacial score (nSPS) is 20.1. The van der Waals surface area contributed by atoms with E-state index in [1.165, 1.54) is 74.5 Å². The van der Waals surface area contributed by atoms with E-state index in [-0.39, 0.29) is 5.41 Å². The van der Waals surface area contributed by atoms with Crippen molar-refractivity contribution < 1.29 is 4.74 Å². The molecule has 39 heavy (non-hydrogen) atoms. The number of benzene rings is 2. The topological polar surface area (TPSA) is 33.0 Å². The van der Waals surface area contributed by atoms with Crippen LogP contribution < -0.4 is 4.74 Å². The minimum Gasteiger partial charge on any atom is -0.494 e. The standard InChI is InChI=1S/C37H55NO/c1-5-6-7-8-9-10-25-37(29-38)26-22-35(23-27-37)33-16-14-32(15-17-33)34-18-20-36(21-19-34)39-28-24-31(4)13-11-12-30(2)3/h14-21,30-31,35H,5-13,22-28H2,1-4H3. The lowest BCUT2D eigenvalue weighted by atomic mass is 9.67. The van der Waals surface area contributed by atoms with Gasteiger partial charge in [0, 0.05) is 0 Å². The highest BCUT2D eigenvalue weighted by molar-refractivity contribution is 5.64. The maximum atomic E-state index is 9.98. The molecule has 0 amide bonds. The molecule has 0 bridgehead atoms. The molecule has 214 valence electrons. The quantitative estimate of drug-likeness (QED) is 0.191. The molecule has 2 heteroatoms. The Morgan fingerprint density at radius 2 is 1.41 bits per heavy atom. The van der Waals surface area contributed by atoms with Gasteiger partial charge in [0.05, 0.1) is 18.1 Å². The fourth-order valence-electron chi connectivity index (χ4n) is 6.25. The first-order chi connectivity index (χ1) is 18.9. The number of nitriles is 1. The molecule has 0 heterocycles. The van der Waals surface area contributed by atoms with Crippen LogP contribution in [0.5, 0.6) is 5.75 Å². The molecule has 0 saturated heterocycles. The van der Waals surface area contributed by atoms with Gasteiger partial charge in [0.2, 0.25) is 0 Å². The van der Waals surface area contributed by atoms with Gasteiger partial charge in [0.1, 0.15) is 5.75 Å². The summed E-state index contributed by atoms with van der Waals surface area (Å²) in [6.07, 6.45) is 18.4. The van der Waals surface area contributed by atoms with Crippen LogP contribution in [-0.2, 0) is 0 Å². The highest BCUT2D eigenvalue weighted by Crippen LogP contribution is 2.46. The van der Waals surface area contributed by atoms with Crippen molar-refractivity contribution in [3.05, 3.63) is 54.1 Å². The van der Waals surface area contributed by atoms with E-state index < -0.39 is 0 Å². The predicted molar refractivity (Wildman–Crippen MR) is 167 cm³/mol. The molecule has 0 radical (unpaired) electrons. The van der Waals surface area contributed by atoms with Crippen molar-refractivity contribution in [2.75, 3.05) is 6.61 Å². The third kappa shape index (κ3) is 10.7. The molecular weight excluding hydrogens is 474 g/mol. The molecule has 1 aliphatic rings. The van der Waals surface area contributed by atoms with Crippen LogP contribution >= 0.6 is 0 Å². The van der Waals surface area contributed by atoms with Gasteiger partial charge in [-0.2, -0.15) is 5.26 Å². The van der Waals surface area contributed by atoms with E-state index in [0.717, 1.165) is 62.7 Å². The second-order valence-corrected chi connectivity index (χ2v) is 12.9. The SMILES string of the molecule is CCCCCCCCC1(C#N)CCC(c2ccc(-c3ccc(OCCC(C)CCCC(C)C)cc3)cc2)CC1. The first-order valence-corrected chi connectivity index (χ1v) is 16.2. The van der Waals surface area contributed by atoms with Crippen LogP contribution in [0.3, 0.4) is 0 Å². The number of hydrogen-bond donors (Lipinski definition) is 0. The van der Waals surface area contributed by atoms with E-state index in [9.17, 15) is 5.26 Å². The van der Waals surface area contributed by atoms with Crippen LogP contribution in [0.15, 0.2) is 48.5 Å². The maximum Gasteiger partial charge on any atom is 0.119 e. The molecule has 3 rings (SSSR count). The Hall–Kier alpha value is -2.27. The van der Waals surface area contributed by atoms with Gasteiger partial charge in [-0.15, -0.1) is 0 Å². The Morgan fingerprint density at radius 1 is 0.795 bits per heavy atom. The second-order valence-electron chi connectivity index (χ2n) is 12.9. The van der Waals surface area contributed by atoms with Crippen molar-refractivity contribution in [3.63, 3.8) is 0 Å². The summed E-state index contributed by atoms with van der Waals surface area (Å²) in [6, 6.07) is 20.5. The largest absolute Gasteiger partial charge is 0.494 e. The average molecular weight is 530 g/mol. The molecule has 1 saturated carbocycles. The number of nitrogens with zero attached hydrogens (tertiary/aromatic N) is 1. The van der Waals surface area contributed by atoms with E-state index in [4.69, 9.17) is 4.74 Å². The van der Waals surface area contributed by atoms with Crippen LogP contribution in [0.1, 0.15) is 135 Å². The molecule has 0 N–H and O–H groups in total. The van der Waals surface area contributed by atoms with Crippen LogP contribution in [-0.4, -0.2) is 6.61 Å². The van der Waals surface area contributed by atoms with E-state index in [1.54, 1.807) is 0 Å². The van der Waals surface area contributed by atoms with Gasteiger partial charge in [-0.1, -0.05) is 122 Å². The van der Waals surface area contributed by atoms with Gasteiger partial charge in [-0.3, -0.25) is 0 Å². The van der Waals surface area contributed by atoms with Crippen molar-refractivity contribution in [2.45, 2.75) is 130 Å². The summed E-state index contributed by atoms with van der Waals surface area (Å²) in [7, 11) is 0. The van der Waals surface area contributed by atoms with Gasteiger partial charge in [-0.05, 0) is 85.1 Å². The highest BCUT2D eigenvalue weighted by atomic mass is 16.5. The molecule has 1 unspecified atom stereocenters. The molecule has 0 aliphatic heterocycles. The smallest absolute Gasteiger partial charge is 0.119 e. The summed E-state index contributed by atoms with van der Waals surface area (Å²) >= 11 is 0. The molecule has 1 fully saturated rings. The molecule has 1 aliphatic carbocycles. The first kappa shape index (κ1) is 31.3. The fraction of sp³-hybridized carbons (Fsp3) is 0.649. The molecule has 2 aromatic rings. The van der Waals surface area contributed by atoms with Crippen molar-refractivity contribution in [3.8, 4) is 22.9 Å². The van der Waals surface area contributed by atoms with Gasteiger partial charge < -0.3 is 4.74 Å². The Labute approximate surface area is 240 Å². The first-order valence-electron chi connectivity index (χ1n) is 16.2. The number of unbranched alkanes of at least 4 members (excludes halogenated alkanes) is 5. The predicted octanol–water partition coefficient (Wildman–Crippen LogP) is 11.5. The van der Waals surface area contributed by atoms with E-state index in [0.29, 0.717) is 5.92 Å². The summed E-state index contributed by atoms with van der Waals surface area (Å²) in [5.41, 5.74) is 3.86. The summed E-state index contributed by atoms with van der Waals surface area (Å²) in [5.74, 6) is 3.09. The summed E-state index contributed by atoms with van der Waals surface area (Å²) in [6.45, 7) is 10.0. The third-order valence-electron chi connectivity index (χ3n) is 9.12. The van der Waals surface area contributed by atoms with Crippen molar-refractivity contribution in [1.29, 1.82) is 5.26 Å². The maximum absolute atomic E-state index is 9.98. The van der Waals surface area contributed by atoms with E-state index >= 15 is 0 Å². The van der Waals surface area contributed by atoms with Crippen LogP contribution in [0.25, 0.3) is 11.1 Å². The molecule has 0 aromatic heterocycles. The van der Waals surface area contributed by atoms with Crippen molar-refractivity contribution in [1.82, 2.24) is 0 Å². The zero-order valence-electron chi connectivity index (χ0n) is 25.5. The second kappa shape index (κ2) is 16.7. The van der Waals surface area contributed by atoms with Crippen LogP contribution in [0.2, 0.25) is 0 Å². The average Bonchev–Trinajstić information content (AvgIpc) is 2.95. The Bertz CT molecular complexity index is 960. The monoisotopic (exact) mass is 529 g/mol. The molecule has 2 aromatic carbocycles.